The molecule has 1 N–H and O–H groups in total. The lowest BCUT2D eigenvalue weighted by molar-refractivity contribution is 0.156. The molecule has 0 bridgehead atoms. The number of alkyl halides is 2. The predicted octanol–water partition coefficient (Wildman–Crippen LogP) is 2.06. The quantitative estimate of drug-likeness (QED) is 0.837. The molecule has 1 aromatic heterocycles. The van der Waals surface area contributed by atoms with Gasteiger partial charge < -0.3 is 10.2 Å². The molecule has 1 heterocycles. The van der Waals surface area contributed by atoms with E-state index in [0.29, 0.717) is 5.82 Å². The van der Waals surface area contributed by atoms with E-state index in [1.165, 1.54) is 4.90 Å². The molecule has 0 aliphatic heterocycles. The van der Waals surface area contributed by atoms with Gasteiger partial charge in [-0.3, -0.25) is 0 Å². The number of rotatable bonds is 5. The van der Waals surface area contributed by atoms with Crippen LogP contribution in [0.25, 0.3) is 0 Å². The van der Waals surface area contributed by atoms with Crippen LogP contribution in [0.2, 0.25) is 0 Å². The van der Waals surface area contributed by atoms with Crippen LogP contribution in [0.3, 0.4) is 0 Å². The van der Waals surface area contributed by atoms with Crippen molar-refractivity contribution in [1.82, 2.24) is 10.3 Å². The van der Waals surface area contributed by atoms with Gasteiger partial charge >= 0.3 is 0 Å². The Hall–Kier alpha value is -1.23. The number of anilines is 1. The smallest absolute Gasteiger partial charge is 0.255 e. The summed E-state index contributed by atoms with van der Waals surface area (Å²) in [5.74, 6) is 0.562. The van der Waals surface area contributed by atoms with Gasteiger partial charge in [0, 0.05) is 19.3 Å². The number of hydrogen-bond acceptors (Lipinski definition) is 3. The fourth-order valence-corrected chi connectivity index (χ4v) is 1.35. The molecule has 0 fully saturated rings. The van der Waals surface area contributed by atoms with Crippen molar-refractivity contribution >= 4 is 5.82 Å². The molecule has 0 saturated heterocycles. The Morgan fingerprint density at radius 3 is 2.56 bits per heavy atom. The summed E-state index contributed by atoms with van der Waals surface area (Å²) in [6.45, 7) is 1.72. The predicted molar refractivity (Wildman–Crippen MR) is 61.0 cm³/mol. The Labute approximate surface area is 94.5 Å². The maximum Gasteiger partial charge on any atom is 0.255 e. The maximum atomic E-state index is 12.2. The van der Waals surface area contributed by atoms with Crippen molar-refractivity contribution in [2.75, 3.05) is 25.5 Å². The van der Waals surface area contributed by atoms with Crippen molar-refractivity contribution in [3.63, 3.8) is 0 Å². The third kappa shape index (κ3) is 3.41. The van der Waals surface area contributed by atoms with Gasteiger partial charge in [-0.15, -0.1) is 0 Å². The van der Waals surface area contributed by atoms with E-state index < -0.39 is 6.43 Å². The Morgan fingerprint density at radius 1 is 1.44 bits per heavy atom. The number of aromatic nitrogens is 1. The number of nitrogens with zero attached hydrogens (tertiary/aromatic N) is 2. The highest BCUT2D eigenvalue weighted by atomic mass is 19.3. The fourth-order valence-electron chi connectivity index (χ4n) is 1.35. The van der Waals surface area contributed by atoms with Gasteiger partial charge in [-0.05, 0) is 25.6 Å². The fraction of sp³-hybridized carbons (Fsp3) is 0.545. The summed E-state index contributed by atoms with van der Waals surface area (Å²) in [6.07, 6.45) is -0.638. The van der Waals surface area contributed by atoms with Gasteiger partial charge in [-0.2, -0.15) is 0 Å². The minimum atomic E-state index is -2.34. The van der Waals surface area contributed by atoms with Crippen LogP contribution >= 0.6 is 0 Å². The van der Waals surface area contributed by atoms with Crippen molar-refractivity contribution in [2.24, 2.45) is 0 Å². The van der Waals surface area contributed by atoms with Gasteiger partial charge in [-0.25, -0.2) is 13.8 Å². The highest BCUT2D eigenvalue weighted by molar-refractivity contribution is 5.38. The SMILES string of the molecule is CNC(C)c1ccc(N(C)CC(F)F)nc1. The Kier molecular flexibility index (Phi) is 4.61. The van der Waals surface area contributed by atoms with Crippen LogP contribution in [0.5, 0.6) is 0 Å². The van der Waals surface area contributed by atoms with Gasteiger partial charge in [0.05, 0.1) is 6.54 Å². The number of halogens is 2. The van der Waals surface area contributed by atoms with Crippen molar-refractivity contribution in [1.29, 1.82) is 0 Å². The van der Waals surface area contributed by atoms with Crippen LogP contribution in [-0.4, -0.2) is 32.0 Å². The molecule has 0 aromatic carbocycles. The molecule has 16 heavy (non-hydrogen) atoms. The van der Waals surface area contributed by atoms with Crippen molar-refractivity contribution in [3.8, 4) is 0 Å². The van der Waals surface area contributed by atoms with Crippen molar-refractivity contribution in [3.05, 3.63) is 23.9 Å². The first-order chi connectivity index (χ1) is 7.54. The molecule has 1 atom stereocenters. The first-order valence-electron chi connectivity index (χ1n) is 5.17. The van der Waals surface area contributed by atoms with E-state index in [-0.39, 0.29) is 12.6 Å². The molecule has 1 unspecified atom stereocenters. The minimum absolute atomic E-state index is 0.210. The van der Waals surface area contributed by atoms with E-state index >= 15 is 0 Å². The highest BCUT2D eigenvalue weighted by Gasteiger charge is 2.10. The molecule has 0 aliphatic rings. The zero-order valence-electron chi connectivity index (χ0n) is 9.74. The summed E-state index contributed by atoms with van der Waals surface area (Å²) >= 11 is 0. The lowest BCUT2D eigenvalue weighted by Crippen LogP contribution is -2.25. The van der Waals surface area contributed by atoms with Gasteiger partial charge in [0.15, 0.2) is 0 Å². The van der Waals surface area contributed by atoms with Gasteiger partial charge in [0.1, 0.15) is 5.82 Å². The number of nitrogens with one attached hydrogen (secondary N) is 1. The Morgan fingerprint density at radius 2 is 2.12 bits per heavy atom. The molecule has 5 heteroatoms. The standard InChI is InChI=1S/C11H17F2N3/c1-8(14-2)9-4-5-11(15-6-9)16(3)7-10(12)13/h4-6,8,10,14H,7H2,1-3H3. The highest BCUT2D eigenvalue weighted by Crippen LogP contribution is 2.15. The molecule has 0 radical (unpaired) electrons. The molecule has 0 spiro atoms. The average molecular weight is 229 g/mol. The normalized spacial score (nSPS) is 12.9. The minimum Gasteiger partial charge on any atom is -0.354 e. The van der Waals surface area contributed by atoms with Crippen LogP contribution < -0.4 is 10.2 Å². The second-order valence-corrected chi connectivity index (χ2v) is 3.73. The summed E-state index contributed by atoms with van der Waals surface area (Å²) in [7, 11) is 3.47. The van der Waals surface area contributed by atoms with Gasteiger partial charge in [0.2, 0.25) is 0 Å². The molecule has 0 amide bonds. The van der Waals surface area contributed by atoms with Gasteiger partial charge in [-0.1, -0.05) is 6.07 Å². The first kappa shape index (κ1) is 12.8. The summed E-state index contributed by atoms with van der Waals surface area (Å²) in [5.41, 5.74) is 1.04. The second kappa shape index (κ2) is 5.75. The number of hydrogen-bond donors (Lipinski definition) is 1. The Bertz CT molecular complexity index is 314. The molecule has 3 nitrogen and oxygen atoms in total. The van der Waals surface area contributed by atoms with E-state index in [1.54, 1.807) is 19.3 Å². The lowest BCUT2D eigenvalue weighted by Gasteiger charge is -2.18. The third-order valence-corrected chi connectivity index (χ3v) is 2.51. The summed E-state index contributed by atoms with van der Waals surface area (Å²) in [6, 6.07) is 3.86. The van der Waals surface area contributed by atoms with E-state index in [0.717, 1.165) is 5.56 Å². The summed E-state index contributed by atoms with van der Waals surface area (Å²) < 4.78 is 24.3. The molecule has 1 aromatic rings. The van der Waals surface area contributed by atoms with Crippen LogP contribution in [0, 0.1) is 0 Å². The zero-order chi connectivity index (χ0) is 12.1. The first-order valence-corrected chi connectivity index (χ1v) is 5.17. The van der Waals surface area contributed by atoms with Crippen molar-refractivity contribution < 1.29 is 8.78 Å². The molecule has 0 saturated carbocycles. The van der Waals surface area contributed by atoms with E-state index in [2.05, 4.69) is 10.3 Å². The van der Waals surface area contributed by atoms with E-state index in [1.807, 2.05) is 20.0 Å². The van der Waals surface area contributed by atoms with E-state index in [4.69, 9.17) is 0 Å². The molecular formula is C11H17F2N3. The monoisotopic (exact) mass is 229 g/mol. The molecule has 0 aliphatic carbocycles. The van der Waals surface area contributed by atoms with Crippen LogP contribution in [-0.2, 0) is 0 Å². The Balaban J connectivity index is 2.70. The maximum absolute atomic E-state index is 12.2. The van der Waals surface area contributed by atoms with Crippen LogP contribution in [0.1, 0.15) is 18.5 Å². The largest absolute Gasteiger partial charge is 0.354 e. The summed E-state index contributed by atoms with van der Waals surface area (Å²) in [4.78, 5) is 5.60. The topological polar surface area (TPSA) is 28.2 Å². The average Bonchev–Trinajstić information content (AvgIpc) is 2.27. The molecular weight excluding hydrogens is 212 g/mol. The zero-order valence-corrected chi connectivity index (χ0v) is 9.74. The van der Waals surface area contributed by atoms with Crippen molar-refractivity contribution in [2.45, 2.75) is 19.4 Å². The number of pyridine rings is 1. The van der Waals surface area contributed by atoms with Crippen LogP contribution in [0.4, 0.5) is 14.6 Å². The van der Waals surface area contributed by atoms with E-state index in [9.17, 15) is 8.78 Å². The van der Waals surface area contributed by atoms with Gasteiger partial charge in [0.25, 0.3) is 6.43 Å². The third-order valence-electron chi connectivity index (χ3n) is 2.51. The summed E-state index contributed by atoms with van der Waals surface area (Å²) in [5, 5.41) is 3.09. The second-order valence-electron chi connectivity index (χ2n) is 3.73. The lowest BCUT2D eigenvalue weighted by atomic mass is 10.1. The van der Waals surface area contributed by atoms with Crippen LogP contribution in [0.15, 0.2) is 18.3 Å². The molecule has 1 rings (SSSR count). The molecule has 90 valence electrons.